The second kappa shape index (κ2) is 4.39. The highest BCUT2D eigenvalue weighted by Gasteiger charge is 2.15. The van der Waals surface area contributed by atoms with Crippen molar-refractivity contribution in [2.24, 2.45) is 7.05 Å². The number of hydrogen-bond donors (Lipinski definition) is 0. The van der Waals surface area contributed by atoms with Gasteiger partial charge in [0.2, 0.25) is 5.78 Å². The Hall–Kier alpha value is -3.33. The summed E-state index contributed by atoms with van der Waals surface area (Å²) in [5.74, 6) is 0.982. The van der Waals surface area contributed by atoms with Gasteiger partial charge < -0.3 is 4.57 Å². The number of nitrogens with zero attached hydrogens (tertiary/aromatic N) is 3. The molecule has 0 bridgehead atoms. The van der Waals surface area contributed by atoms with Gasteiger partial charge in [-0.15, -0.1) is 0 Å². The fourth-order valence-electron chi connectivity index (χ4n) is 3.98. The zero-order valence-electron chi connectivity index (χ0n) is 13.8. The predicted octanol–water partition coefficient (Wildman–Crippen LogP) is 5.29. The average molecular weight is 321 g/mol. The van der Waals surface area contributed by atoms with Crippen molar-refractivity contribution in [1.29, 1.82) is 0 Å². The summed E-state index contributed by atoms with van der Waals surface area (Å²) in [5, 5.41) is 4.99. The summed E-state index contributed by atoms with van der Waals surface area (Å²) in [5.41, 5.74) is 4.61. The van der Waals surface area contributed by atoms with Gasteiger partial charge in [-0.25, -0.2) is 4.98 Å². The van der Waals surface area contributed by atoms with E-state index < -0.39 is 0 Å². The third-order valence-electron chi connectivity index (χ3n) is 5.25. The number of rotatable bonds is 0. The molecule has 0 spiro atoms. The lowest BCUT2D eigenvalue weighted by molar-refractivity contribution is 0.974. The maximum atomic E-state index is 4.92. The number of hydrogen-bond acceptors (Lipinski definition) is 1. The summed E-state index contributed by atoms with van der Waals surface area (Å²) in [6.07, 6.45) is 0. The van der Waals surface area contributed by atoms with Crippen LogP contribution in [0, 0.1) is 0 Å². The van der Waals surface area contributed by atoms with E-state index >= 15 is 0 Å². The molecule has 3 heteroatoms. The van der Waals surface area contributed by atoms with Crippen molar-refractivity contribution in [2.45, 2.75) is 0 Å². The molecule has 4 aromatic carbocycles. The van der Waals surface area contributed by atoms with E-state index in [0.717, 1.165) is 16.8 Å². The molecule has 3 nitrogen and oxygen atoms in total. The van der Waals surface area contributed by atoms with Crippen molar-refractivity contribution in [3.63, 3.8) is 0 Å². The van der Waals surface area contributed by atoms with Crippen LogP contribution in [0.3, 0.4) is 0 Å². The molecule has 0 fully saturated rings. The van der Waals surface area contributed by atoms with Crippen LogP contribution >= 0.6 is 0 Å². The standard InChI is InChI=1S/C22H15N3/c1-24-20-12-16-8-4-5-9-17(16)13-21(20)25-19-11-15-7-3-2-6-14(15)10-18(19)23-22(24)25/h2-13H,1H3. The minimum absolute atomic E-state index is 0.982. The van der Waals surface area contributed by atoms with Crippen LogP contribution in [0.15, 0.2) is 72.8 Å². The first-order valence-corrected chi connectivity index (χ1v) is 8.48. The van der Waals surface area contributed by atoms with E-state index in [-0.39, 0.29) is 0 Å². The number of aromatic nitrogens is 3. The van der Waals surface area contributed by atoms with Gasteiger partial charge in [-0.1, -0.05) is 48.5 Å². The van der Waals surface area contributed by atoms with Crippen LogP contribution in [-0.4, -0.2) is 14.0 Å². The second-order valence-corrected chi connectivity index (χ2v) is 6.68. The molecule has 0 unspecified atom stereocenters. The summed E-state index contributed by atoms with van der Waals surface area (Å²) < 4.78 is 4.47. The second-order valence-electron chi connectivity index (χ2n) is 6.68. The molecule has 0 aliphatic rings. The fraction of sp³-hybridized carbons (Fsp3) is 0.0455. The van der Waals surface area contributed by atoms with Crippen LogP contribution in [0.2, 0.25) is 0 Å². The topological polar surface area (TPSA) is 22.2 Å². The molecule has 0 saturated carbocycles. The highest BCUT2D eigenvalue weighted by molar-refractivity contribution is 6.02. The van der Waals surface area contributed by atoms with E-state index in [1.54, 1.807) is 0 Å². The molecule has 0 amide bonds. The minimum atomic E-state index is 0.982. The Morgan fingerprint density at radius 2 is 1.16 bits per heavy atom. The Morgan fingerprint density at radius 1 is 0.640 bits per heavy atom. The van der Waals surface area contributed by atoms with Crippen molar-refractivity contribution in [2.75, 3.05) is 0 Å². The van der Waals surface area contributed by atoms with E-state index in [1.165, 1.54) is 32.6 Å². The molecule has 0 atom stereocenters. The van der Waals surface area contributed by atoms with Gasteiger partial charge in [0.15, 0.2) is 0 Å². The molecule has 2 heterocycles. The van der Waals surface area contributed by atoms with Crippen LogP contribution in [-0.2, 0) is 7.05 Å². The lowest BCUT2D eigenvalue weighted by atomic mass is 10.1. The molecule has 0 aliphatic carbocycles. The number of aryl methyl sites for hydroxylation is 1. The first kappa shape index (κ1) is 13.0. The van der Waals surface area contributed by atoms with Crippen LogP contribution in [0.4, 0.5) is 0 Å². The summed E-state index contributed by atoms with van der Waals surface area (Å²) in [6, 6.07) is 25.9. The summed E-state index contributed by atoms with van der Waals surface area (Å²) in [4.78, 5) is 4.92. The maximum absolute atomic E-state index is 4.92. The summed E-state index contributed by atoms with van der Waals surface area (Å²) >= 11 is 0. The van der Waals surface area contributed by atoms with E-state index in [1.807, 2.05) is 0 Å². The van der Waals surface area contributed by atoms with E-state index in [0.29, 0.717) is 0 Å². The van der Waals surface area contributed by atoms with Gasteiger partial charge in [0.05, 0.1) is 22.1 Å². The third-order valence-corrected chi connectivity index (χ3v) is 5.25. The van der Waals surface area contributed by atoms with Gasteiger partial charge in [0.1, 0.15) is 0 Å². The minimum Gasteiger partial charge on any atom is -0.313 e. The van der Waals surface area contributed by atoms with E-state index in [4.69, 9.17) is 4.98 Å². The molecule has 2 aromatic heterocycles. The van der Waals surface area contributed by atoms with Gasteiger partial charge >= 0.3 is 0 Å². The lowest BCUT2D eigenvalue weighted by Gasteiger charge is -2.02. The van der Waals surface area contributed by atoms with Gasteiger partial charge in [-0.3, -0.25) is 4.40 Å². The van der Waals surface area contributed by atoms with Gasteiger partial charge in [0.25, 0.3) is 0 Å². The summed E-state index contributed by atoms with van der Waals surface area (Å²) in [6.45, 7) is 0. The number of fused-ring (bicyclic) bond motifs is 7. The molecule has 0 saturated heterocycles. The van der Waals surface area contributed by atoms with Crippen molar-refractivity contribution in [3.8, 4) is 0 Å². The van der Waals surface area contributed by atoms with Crippen molar-refractivity contribution in [1.82, 2.24) is 14.0 Å². The first-order valence-electron chi connectivity index (χ1n) is 8.48. The normalized spacial score (nSPS) is 12.2. The Kier molecular flexibility index (Phi) is 2.29. The zero-order chi connectivity index (χ0) is 16.5. The molecular formula is C22H15N3. The lowest BCUT2D eigenvalue weighted by Crippen LogP contribution is -1.88. The third kappa shape index (κ3) is 1.62. The molecule has 6 rings (SSSR count). The number of benzene rings is 4. The van der Waals surface area contributed by atoms with E-state index in [2.05, 4.69) is 88.8 Å². The molecule has 118 valence electrons. The maximum Gasteiger partial charge on any atom is 0.215 e. The zero-order valence-corrected chi connectivity index (χ0v) is 13.8. The van der Waals surface area contributed by atoms with Gasteiger partial charge in [0, 0.05) is 7.05 Å². The first-order chi connectivity index (χ1) is 12.3. The Labute approximate surface area is 143 Å². The highest BCUT2D eigenvalue weighted by atomic mass is 15.2. The highest BCUT2D eigenvalue weighted by Crippen LogP contribution is 2.30. The monoisotopic (exact) mass is 321 g/mol. The molecule has 25 heavy (non-hydrogen) atoms. The molecule has 0 N–H and O–H groups in total. The van der Waals surface area contributed by atoms with Gasteiger partial charge in [-0.2, -0.15) is 0 Å². The Morgan fingerprint density at radius 3 is 1.80 bits per heavy atom. The van der Waals surface area contributed by atoms with Crippen LogP contribution in [0.5, 0.6) is 0 Å². The number of imidazole rings is 2. The predicted molar refractivity (Wildman–Crippen MR) is 104 cm³/mol. The van der Waals surface area contributed by atoms with Crippen LogP contribution in [0.25, 0.3) is 49.4 Å². The van der Waals surface area contributed by atoms with Crippen molar-refractivity contribution in [3.05, 3.63) is 72.8 Å². The van der Waals surface area contributed by atoms with Crippen molar-refractivity contribution < 1.29 is 0 Å². The molecule has 0 aliphatic heterocycles. The quantitative estimate of drug-likeness (QED) is 0.373. The van der Waals surface area contributed by atoms with Crippen LogP contribution in [0.1, 0.15) is 0 Å². The molecule has 6 aromatic rings. The summed E-state index contributed by atoms with van der Waals surface area (Å²) in [7, 11) is 2.10. The van der Waals surface area contributed by atoms with Crippen molar-refractivity contribution >= 4 is 49.4 Å². The van der Waals surface area contributed by atoms with E-state index in [9.17, 15) is 0 Å². The van der Waals surface area contributed by atoms with Gasteiger partial charge in [-0.05, 0) is 45.8 Å². The Balaban J connectivity index is 1.87. The molecular weight excluding hydrogens is 306 g/mol. The smallest absolute Gasteiger partial charge is 0.215 e. The van der Waals surface area contributed by atoms with Crippen LogP contribution < -0.4 is 0 Å². The molecule has 0 radical (unpaired) electrons. The fourth-order valence-corrected chi connectivity index (χ4v) is 3.98. The Bertz CT molecular complexity index is 1450. The largest absolute Gasteiger partial charge is 0.313 e. The SMILES string of the molecule is Cn1c2cc3ccccc3cc2n2c3cc4ccccc4cc3nc12. The average Bonchev–Trinajstić information content (AvgIpc) is 3.14.